The molecule has 0 aliphatic carbocycles. The number of methoxy groups -OCH3 is 2. The molecule has 3 aliphatic heterocycles. The fraction of sp³-hybridized carbons (Fsp3) is 0.511. The highest BCUT2D eigenvalue weighted by atomic mass is 32.1. The predicted octanol–water partition coefficient (Wildman–Crippen LogP) is 6.73. The van der Waals surface area contributed by atoms with Crippen molar-refractivity contribution in [3.05, 3.63) is 70.9 Å². The fourth-order valence-corrected chi connectivity index (χ4v) is 8.50. The molecule has 4 amide bonds. The molecule has 0 saturated carbocycles. The maximum Gasteiger partial charge on any atom is 0.407 e. The summed E-state index contributed by atoms with van der Waals surface area (Å²) >= 11 is 0. The van der Waals surface area contributed by atoms with Gasteiger partial charge in [0.05, 0.1) is 55.3 Å². The molecule has 0 unspecified atom stereocenters. The Hall–Kier alpha value is -4.13. The van der Waals surface area contributed by atoms with Gasteiger partial charge >= 0.3 is 12.2 Å². The number of nitrogens with zero attached hydrogens (tertiary/aromatic N) is 4. The largest absolute Gasteiger partial charge is 0.453 e. The summed E-state index contributed by atoms with van der Waals surface area (Å²) in [5.74, 6) is 7.51. The van der Waals surface area contributed by atoms with Crippen molar-refractivity contribution in [2.75, 3.05) is 33.9 Å². The maximum atomic E-state index is 14.0. The molecule has 2 saturated heterocycles. The molecule has 5 atom stereocenters. The molecular formula is C45H66N8O7S5. The molecule has 4 N–H and O–H groups in total. The first-order chi connectivity index (χ1) is 28.9. The molecule has 3 aliphatic rings. The molecule has 2 aromatic carbocycles. The minimum absolute atomic E-state index is 0. The Morgan fingerprint density at radius 2 is 1.40 bits per heavy atom. The molecule has 2 fully saturated rings. The van der Waals surface area contributed by atoms with Crippen LogP contribution in [0.2, 0.25) is 0 Å². The van der Waals surface area contributed by atoms with Gasteiger partial charge in [0.1, 0.15) is 23.7 Å². The van der Waals surface area contributed by atoms with E-state index in [1.165, 1.54) is 14.2 Å². The van der Waals surface area contributed by atoms with E-state index in [-0.39, 0.29) is 109 Å². The van der Waals surface area contributed by atoms with Gasteiger partial charge in [-0.05, 0) is 79.3 Å². The standard InChI is InChI=1S/C45H56N8O7.5H2S/c1-26(2)37(50-44(56)58-5)42(54)52-19-10-12-35(52)40-46-24-34(48-40)30-17-15-28(16-18-30)13-14-29-21-31-11-8-7-9-20-60-32-23-36(41-47-33(22-29)39(31)49-41)53(25-32)43(55)38(27(3)4)51-45(57)59-6;;;;;/h15-18,21-22,24,26-27,32,35-38H,7-12,19-20,23,25H2,1-6H3,(H,46,48)(H,47,49)(H,50,56)(H,51,57);5*1H2/t32-,35-,36-,37-,38-;;;;;/m0...../s1. The third-order valence-electron chi connectivity index (χ3n) is 11.8. The average molecular weight is 991 g/mol. The molecule has 358 valence electrons. The highest BCUT2D eigenvalue weighted by Crippen LogP contribution is 2.36. The molecule has 7 rings (SSSR count). The van der Waals surface area contributed by atoms with E-state index in [9.17, 15) is 19.2 Å². The molecular weight excluding hydrogens is 925 g/mol. The summed E-state index contributed by atoms with van der Waals surface area (Å²) in [6.45, 7) is 9.21. The third kappa shape index (κ3) is 13.3. The van der Waals surface area contributed by atoms with Crippen molar-refractivity contribution in [2.45, 2.75) is 103 Å². The van der Waals surface area contributed by atoms with Gasteiger partial charge in [-0.15, -0.1) is 0 Å². The summed E-state index contributed by atoms with van der Waals surface area (Å²) < 4.78 is 15.9. The number of carbonyl (C=O) groups is 4. The molecule has 4 bridgehead atoms. The zero-order valence-corrected chi connectivity index (χ0v) is 42.8. The van der Waals surface area contributed by atoms with Crippen LogP contribution in [0.4, 0.5) is 9.59 Å². The van der Waals surface area contributed by atoms with Crippen LogP contribution in [0.25, 0.3) is 22.3 Å². The second-order valence-corrected chi connectivity index (χ2v) is 16.6. The zero-order valence-electron chi connectivity index (χ0n) is 37.8. The number of ether oxygens (including phenoxy) is 3. The van der Waals surface area contributed by atoms with Gasteiger partial charge in [0, 0.05) is 37.2 Å². The number of amides is 4. The monoisotopic (exact) mass is 990 g/mol. The van der Waals surface area contributed by atoms with Crippen molar-refractivity contribution in [1.29, 1.82) is 0 Å². The number of carbonyl (C=O) groups excluding carboxylic acids is 4. The highest BCUT2D eigenvalue weighted by Gasteiger charge is 2.42. The number of aryl methyl sites for hydroxylation is 1. The number of hydrogen-bond donors (Lipinski definition) is 4. The number of benzene rings is 2. The summed E-state index contributed by atoms with van der Waals surface area (Å²) in [5, 5.41) is 5.43. The number of fused-ring (bicyclic) bond motifs is 4. The number of H-pyrrole nitrogens is 2. The average Bonchev–Trinajstić information content (AvgIpc) is 4.07. The van der Waals surface area contributed by atoms with Crippen molar-refractivity contribution in [3.63, 3.8) is 0 Å². The van der Waals surface area contributed by atoms with Crippen molar-refractivity contribution < 1.29 is 33.4 Å². The number of likely N-dealkylation sites (tertiary alicyclic amines) is 2. The number of nitrogens with one attached hydrogen (secondary N) is 4. The zero-order chi connectivity index (χ0) is 42.5. The van der Waals surface area contributed by atoms with Crippen LogP contribution in [0.3, 0.4) is 0 Å². The number of imidazole rings is 2. The lowest BCUT2D eigenvalue weighted by atomic mass is 10.0. The summed E-state index contributed by atoms with van der Waals surface area (Å²) in [6, 6.07) is 10.1. The van der Waals surface area contributed by atoms with E-state index in [1.54, 1.807) is 16.0 Å². The van der Waals surface area contributed by atoms with E-state index in [2.05, 4.69) is 43.5 Å². The van der Waals surface area contributed by atoms with E-state index >= 15 is 0 Å². The number of alkyl carbamates (subject to hydrolysis) is 2. The summed E-state index contributed by atoms with van der Waals surface area (Å²) in [7, 11) is 2.58. The topological polar surface area (TPSA) is 184 Å². The van der Waals surface area contributed by atoms with Gasteiger partial charge in [0.25, 0.3) is 0 Å². The molecule has 4 aromatic rings. The summed E-state index contributed by atoms with van der Waals surface area (Å²) in [4.78, 5) is 72.2. The lowest BCUT2D eigenvalue weighted by Crippen LogP contribution is -2.51. The Morgan fingerprint density at radius 3 is 2.03 bits per heavy atom. The van der Waals surface area contributed by atoms with E-state index < -0.39 is 24.3 Å². The maximum absolute atomic E-state index is 14.0. The van der Waals surface area contributed by atoms with Crippen LogP contribution in [0, 0.1) is 23.7 Å². The minimum atomic E-state index is -0.757. The lowest BCUT2D eigenvalue weighted by Gasteiger charge is -2.30. The molecule has 0 spiro atoms. The number of aromatic nitrogens is 4. The van der Waals surface area contributed by atoms with Crippen molar-refractivity contribution >= 4 is 103 Å². The Bertz CT molecular complexity index is 2280. The Kier molecular flexibility index (Phi) is 22.5. The highest BCUT2D eigenvalue weighted by molar-refractivity contribution is 7.60. The number of aromatic amines is 2. The molecule has 5 heterocycles. The van der Waals surface area contributed by atoms with Gasteiger partial charge in [0.2, 0.25) is 11.8 Å². The Labute approximate surface area is 416 Å². The summed E-state index contributed by atoms with van der Waals surface area (Å²) in [6.07, 6.45) is 6.32. The molecule has 20 heteroatoms. The lowest BCUT2D eigenvalue weighted by molar-refractivity contribution is -0.136. The fourth-order valence-electron chi connectivity index (χ4n) is 8.50. The van der Waals surface area contributed by atoms with Crippen LogP contribution in [-0.4, -0.2) is 106 Å². The van der Waals surface area contributed by atoms with Crippen LogP contribution in [-0.2, 0) is 30.2 Å². The minimum Gasteiger partial charge on any atom is -0.453 e. The van der Waals surface area contributed by atoms with Crippen molar-refractivity contribution in [3.8, 4) is 23.1 Å². The summed E-state index contributed by atoms with van der Waals surface area (Å²) in [5.41, 5.74) is 6.34. The molecule has 2 aromatic heterocycles. The number of hydrogen-bond acceptors (Lipinski definition) is 9. The second kappa shape index (κ2) is 25.7. The van der Waals surface area contributed by atoms with E-state index in [1.807, 2.05) is 58.0 Å². The van der Waals surface area contributed by atoms with E-state index in [0.29, 0.717) is 37.8 Å². The smallest absolute Gasteiger partial charge is 0.407 e. The Morgan fingerprint density at radius 1 is 0.769 bits per heavy atom. The number of rotatable bonds is 8. The molecule has 65 heavy (non-hydrogen) atoms. The SMILES string of the molecule is COC(=O)N[C@H](C(=O)N1CCC[C@H]1c1ncc(-c2ccc(C#Cc3cc4c5nc([nH]c5c3)[C@@H]3C[C@@H](CN3C(=O)[C@@H](NC(=O)OC)C(C)C)OCCCCC4)cc2)[nH]1)C(C)C.S.S.S.S.S. The second-order valence-electron chi connectivity index (χ2n) is 16.6. The first-order valence-corrected chi connectivity index (χ1v) is 21.1. The van der Waals surface area contributed by atoms with Gasteiger partial charge < -0.3 is 44.6 Å². The van der Waals surface area contributed by atoms with Gasteiger partial charge in [-0.3, -0.25) is 9.59 Å². The van der Waals surface area contributed by atoms with Crippen LogP contribution < -0.4 is 10.6 Å². The predicted molar refractivity (Wildman–Crippen MR) is 276 cm³/mol. The third-order valence-corrected chi connectivity index (χ3v) is 11.8. The van der Waals surface area contributed by atoms with Crippen LogP contribution in [0.5, 0.6) is 0 Å². The molecule has 15 nitrogen and oxygen atoms in total. The van der Waals surface area contributed by atoms with Gasteiger partial charge in [-0.2, -0.15) is 67.5 Å². The van der Waals surface area contributed by atoms with Crippen molar-refractivity contribution in [2.24, 2.45) is 11.8 Å². The van der Waals surface area contributed by atoms with Gasteiger partial charge in [0.15, 0.2) is 0 Å². The first kappa shape index (κ1) is 57.0. The van der Waals surface area contributed by atoms with Gasteiger partial charge in [-0.25, -0.2) is 19.6 Å². The van der Waals surface area contributed by atoms with Crippen LogP contribution >= 0.6 is 67.5 Å². The van der Waals surface area contributed by atoms with Gasteiger partial charge in [-0.1, -0.05) is 58.1 Å². The quantitative estimate of drug-likeness (QED) is 0.139. The van der Waals surface area contributed by atoms with E-state index in [4.69, 9.17) is 19.2 Å². The van der Waals surface area contributed by atoms with Crippen molar-refractivity contribution in [1.82, 2.24) is 40.4 Å². The normalized spacial score (nSPS) is 18.6. The first-order valence-electron chi connectivity index (χ1n) is 21.1. The van der Waals surface area contributed by atoms with E-state index in [0.717, 1.165) is 77.5 Å². The van der Waals surface area contributed by atoms with Crippen LogP contribution in [0.15, 0.2) is 42.6 Å². The Balaban J connectivity index is 0.00000290. The van der Waals surface area contributed by atoms with Crippen LogP contribution in [0.1, 0.15) is 107 Å². The molecule has 0 radical (unpaired) electrons.